The summed E-state index contributed by atoms with van der Waals surface area (Å²) in [5.41, 5.74) is 0. The van der Waals surface area contributed by atoms with Crippen molar-refractivity contribution in [2.45, 2.75) is 84.8 Å². The number of rotatable bonds is 5. The highest BCUT2D eigenvalue weighted by Crippen LogP contribution is 2.40. The van der Waals surface area contributed by atoms with Crippen LogP contribution < -0.4 is 5.32 Å². The second-order valence-corrected chi connectivity index (χ2v) is 7.36. The lowest BCUT2D eigenvalue weighted by atomic mass is 9.84. The van der Waals surface area contributed by atoms with Crippen LogP contribution in [-0.2, 0) is 0 Å². The highest BCUT2D eigenvalue weighted by molar-refractivity contribution is 4.96. The van der Waals surface area contributed by atoms with Crippen molar-refractivity contribution in [2.75, 3.05) is 13.1 Å². The van der Waals surface area contributed by atoms with Crippen LogP contribution in [0.25, 0.3) is 0 Å². The van der Waals surface area contributed by atoms with Gasteiger partial charge in [0.2, 0.25) is 0 Å². The first-order valence-corrected chi connectivity index (χ1v) is 9.09. The molecule has 2 aliphatic rings. The summed E-state index contributed by atoms with van der Waals surface area (Å²) in [6.07, 6.45) is 6.85. The molecule has 0 spiro atoms. The molecular weight excluding hydrogens is 244 g/mol. The summed E-state index contributed by atoms with van der Waals surface area (Å²) in [4.78, 5) is 2.86. The van der Waals surface area contributed by atoms with Gasteiger partial charge in [-0.05, 0) is 56.9 Å². The van der Waals surface area contributed by atoms with Gasteiger partial charge >= 0.3 is 0 Å². The van der Waals surface area contributed by atoms with Crippen LogP contribution in [0.1, 0.15) is 66.7 Å². The standard InChI is InChI=1S/C18H36N2/c1-6-11-19-17-10-12-20(15(5)13(17)3)18-9-8-16(7-2)14(18)4/h13-19H,6-12H2,1-5H3. The molecule has 2 fully saturated rings. The van der Waals surface area contributed by atoms with Gasteiger partial charge in [0.15, 0.2) is 0 Å². The second-order valence-electron chi connectivity index (χ2n) is 7.36. The van der Waals surface area contributed by atoms with Crippen molar-refractivity contribution < 1.29 is 0 Å². The molecule has 0 amide bonds. The van der Waals surface area contributed by atoms with E-state index >= 15 is 0 Å². The maximum absolute atomic E-state index is 3.77. The van der Waals surface area contributed by atoms with Crippen LogP contribution in [0.2, 0.25) is 0 Å². The fourth-order valence-electron chi connectivity index (χ4n) is 4.75. The molecule has 1 saturated heterocycles. The lowest BCUT2D eigenvalue weighted by molar-refractivity contribution is 0.0305. The van der Waals surface area contributed by atoms with Gasteiger partial charge < -0.3 is 5.32 Å². The average Bonchev–Trinajstić information content (AvgIpc) is 2.81. The van der Waals surface area contributed by atoms with Crippen molar-refractivity contribution in [2.24, 2.45) is 17.8 Å². The Kier molecular flexibility index (Phi) is 5.92. The molecule has 2 heteroatoms. The van der Waals surface area contributed by atoms with E-state index in [0.717, 1.165) is 35.9 Å². The van der Waals surface area contributed by atoms with Gasteiger partial charge in [0.1, 0.15) is 0 Å². The van der Waals surface area contributed by atoms with Crippen molar-refractivity contribution in [1.29, 1.82) is 0 Å². The highest BCUT2D eigenvalue weighted by atomic mass is 15.2. The minimum atomic E-state index is 0.736. The maximum atomic E-state index is 3.77. The number of piperidine rings is 1. The summed E-state index contributed by atoms with van der Waals surface area (Å²) >= 11 is 0. The summed E-state index contributed by atoms with van der Waals surface area (Å²) in [5.74, 6) is 2.65. The molecule has 118 valence electrons. The predicted octanol–water partition coefficient (Wildman–Crippen LogP) is 3.91. The van der Waals surface area contributed by atoms with Gasteiger partial charge in [0.25, 0.3) is 0 Å². The lowest BCUT2D eigenvalue weighted by Gasteiger charge is -2.47. The van der Waals surface area contributed by atoms with Gasteiger partial charge in [-0.1, -0.05) is 34.1 Å². The Bertz CT molecular complexity index is 291. The maximum Gasteiger partial charge on any atom is 0.0127 e. The van der Waals surface area contributed by atoms with Gasteiger partial charge in [0.05, 0.1) is 0 Å². The zero-order valence-electron chi connectivity index (χ0n) is 14.4. The summed E-state index contributed by atoms with van der Waals surface area (Å²) in [6, 6.07) is 2.32. The average molecular weight is 280 g/mol. The van der Waals surface area contributed by atoms with E-state index in [1.54, 1.807) is 0 Å². The molecule has 1 saturated carbocycles. The zero-order chi connectivity index (χ0) is 14.7. The molecule has 20 heavy (non-hydrogen) atoms. The van der Waals surface area contributed by atoms with E-state index in [4.69, 9.17) is 0 Å². The number of likely N-dealkylation sites (tertiary alicyclic amines) is 1. The van der Waals surface area contributed by atoms with Crippen LogP contribution in [-0.4, -0.2) is 36.1 Å². The van der Waals surface area contributed by atoms with Crippen LogP contribution in [0.4, 0.5) is 0 Å². The van der Waals surface area contributed by atoms with Gasteiger partial charge in [-0.3, -0.25) is 4.90 Å². The third-order valence-corrected chi connectivity index (χ3v) is 6.41. The van der Waals surface area contributed by atoms with Crippen LogP contribution in [0, 0.1) is 17.8 Å². The Morgan fingerprint density at radius 2 is 1.75 bits per heavy atom. The van der Waals surface area contributed by atoms with E-state index in [1.807, 2.05) is 0 Å². The molecule has 2 nitrogen and oxygen atoms in total. The molecule has 1 aliphatic carbocycles. The van der Waals surface area contributed by atoms with Crippen LogP contribution in [0.5, 0.6) is 0 Å². The molecule has 6 atom stereocenters. The topological polar surface area (TPSA) is 15.3 Å². The number of nitrogens with one attached hydrogen (secondary N) is 1. The molecule has 0 aromatic carbocycles. The van der Waals surface area contributed by atoms with E-state index in [1.165, 1.54) is 45.2 Å². The third kappa shape index (κ3) is 3.22. The van der Waals surface area contributed by atoms with Crippen LogP contribution >= 0.6 is 0 Å². The number of nitrogens with zero attached hydrogens (tertiary/aromatic N) is 1. The van der Waals surface area contributed by atoms with E-state index in [2.05, 4.69) is 44.8 Å². The Labute approximate surface area is 126 Å². The lowest BCUT2D eigenvalue weighted by Crippen LogP contribution is -2.57. The number of hydrogen-bond donors (Lipinski definition) is 1. The van der Waals surface area contributed by atoms with Gasteiger partial charge in [0, 0.05) is 24.7 Å². The Morgan fingerprint density at radius 1 is 1.00 bits per heavy atom. The normalized spacial score (nSPS) is 43.0. The summed E-state index contributed by atoms with van der Waals surface area (Å²) in [6.45, 7) is 14.6. The first kappa shape index (κ1) is 16.3. The van der Waals surface area contributed by atoms with Crippen molar-refractivity contribution in [3.8, 4) is 0 Å². The molecule has 6 unspecified atom stereocenters. The summed E-state index contributed by atoms with van der Waals surface area (Å²) < 4.78 is 0. The molecular formula is C18H36N2. The van der Waals surface area contributed by atoms with Gasteiger partial charge in [-0.25, -0.2) is 0 Å². The van der Waals surface area contributed by atoms with Crippen molar-refractivity contribution in [1.82, 2.24) is 10.2 Å². The van der Waals surface area contributed by atoms with E-state index in [0.29, 0.717) is 0 Å². The van der Waals surface area contributed by atoms with E-state index in [9.17, 15) is 0 Å². The summed E-state index contributed by atoms with van der Waals surface area (Å²) in [5, 5.41) is 3.77. The smallest absolute Gasteiger partial charge is 0.0127 e. The van der Waals surface area contributed by atoms with E-state index in [-0.39, 0.29) is 0 Å². The first-order chi connectivity index (χ1) is 9.60. The quantitative estimate of drug-likeness (QED) is 0.821. The third-order valence-electron chi connectivity index (χ3n) is 6.41. The number of hydrogen-bond acceptors (Lipinski definition) is 2. The van der Waals surface area contributed by atoms with Crippen LogP contribution in [0.15, 0.2) is 0 Å². The molecule has 0 aromatic heterocycles. The monoisotopic (exact) mass is 280 g/mol. The van der Waals surface area contributed by atoms with Crippen molar-refractivity contribution >= 4 is 0 Å². The Balaban J connectivity index is 1.95. The molecule has 0 radical (unpaired) electrons. The minimum absolute atomic E-state index is 0.736. The highest BCUT2D eigenvalue weighted by Gasteiger charge is 2.41. The molecule has 1 aliphatic heterocycles. The molecule has 0 bridgehead atoms. The fraction of sp³-hybridized carbons (Fsp3) is 1.00. The Morgan fingerprint density at radius 3 is 2.35 bits per heavy atom. The molecule has 0 aromatic rings. The zero-order valence-corrected chi connectivity index (χ0v) is 14.4. The largest absolute Gasteiger partial charge is 0.314 e. The molecule has 1 N–H and O–H groups in total. The van der Waals surface area contributed by atoms with Crippen molar-refractivity contribution in [3.63, 3.8) is 0 Å². The minimum Gasteiger partial charge on any atom is -0.314 e. The predicted molar refractivity (Wildman–Crippen MR) is 88.0 cm³/mol. The van der Waals surface area contributed by atoms with E-state index < -0.39 is 0 Å². The second kappa shape index (κ2) is 7.26. The first-order valence-electron chi connectivity index (χ1n) is 9.09. The van der Waals surface area contributed by atoms with Crippen molar-refractivity contribution in [3.05, 3.63) is 0 Å². The van der Waals surface area contributed by atoms with Gasteiger partial charge in [-0.15, -0.1) is 0 Å². The SMILES string of the molecule is CCCNC1CCN(C2CCC(CC)C2C)C(C)C1C. The summed E-state index contributed by atoms with van der Waals surface area (Å²) in [7, 11) is 0. The van der Waals surface area contributed by atoms with Gasteiger partial charge in [-0.2, -0.15) is 0 Å². The Hall–Kier alpha value is -0.0800. The molecule has 2 rings (SSSR count). The fourth-order valence-corrected chi connectivity index (χ4v) is 4.75. The van der Waals surface area contributed by atoms with Crippen LogP contribution in [0.3, 0.4) is 0 Å². The molecule has 1 heterocycles.